The molecule has 0 bridgehead atoms. The molecule has 1 fully saturated rings. The number of urea groups is 1. The summed E-state index contributed by atoms with van der Waals surface area (Å²) >= 11 is 0. The van der Waals surface area contributed by atoms with Gasteiger partial charge in [-0.05, 0) is 77.6 Å². The summed E-state index contributed by atoms with van der Waals surface area (Å²) in [5, 5.41) is 10.8. The number of halogens is 1. The van der Waals surface area contributed by atoms with Crippen LogP contribution in [0.4, 0.5) is 20.6 Å². The molecule has 1 aliphatic rings. The highest BCUT2D eigenvalue weighted by Crippen LogP contribution is 2.34. The Morgan fingerprint density at radius 1 is 1.02 bits per heavy atom. The van der Waals surface area contributed by atoms with E-state index in [0.717, 1.165) is 37.3 Å². The summed E-state index contributed by atoms with van der Waals surface area (Å²) in [7, 11) is -3.63. The monoisotopic (exact) mass is 593 g/mol. The third kappa shape index (κ3) is 7.75. The van der Waals surface area contributed by atoms with Crippen LogP contribution in [-0.2, 0) is 16.4 Å². The molecule has 0 heterocycles. The van der Waals surface area contributed by atoms with E-state index >= 15 is 0 Å². The number of rotatable bonds is 8. The number of carbonyl (C=O) groups is 2. The standard InChI is InChI=1S/C29H32FN7O4S/c1-42(40,41)24-15-16-25(30)26(17-24)33-29(39)37(23-13-11-21(12-14-23)20-5-3-2-4-6-20)18-19-7-9-22(10-8-19)27(38)34-28(31)35-36-32/h7-17,20H,2-6,18H2,1H3,(H,33,39)(H4,31,32,34,35,38). The highest BCUT2D eigenvalue weighted by Gasteiger charge is 2.21. The Morgan fingerprint density at radius 3 is 2.31 bits per heavy atom. The van der Waals surface area contributed by atoms with Crippen molar-refractivity contribution < 1.29 is 22.4 Å². The van der Waals surface area contributed by atoms with Crippen molar-refractivity contribution in [2.75, 3.05) is 16.5 Å². The zero-order chi connectivity index (χ0) is 30.3. The van der Waals surface area contributed by atoms with Crippen LogP contribution in [0.5, 0.6) is 0 Å². The van der Waals surface area contributed by atoms with Crippen molar-refractivity contribution in [3.05, 3.63) is 89.2 Å². The first-order valence-corrected chi connectivity index (χ1v) is 15.2. The number of amides is 3. The van der Waals surface area contributed by atoms with E-state index in [9.17, 15) is 22.4 Å². The fraction of sp³-hybridized carbons (Fsp3) is 0.276. The number of nitrogens with zero attached hydrogens (tertiary/aromatic N) is 3. The molecule has 11 nitrogen and oxygen atoms in total. The van der Waals surface area contributed by atoms with Crippen LogP contribution in [-0.4, -0.2) is 32.6 Å². The number of anilines is 2. The minimum absolute atomic E-state index is 0.0607. The molecule has 4 rings (SSSR count). The molecule has 3 aromatic carbocycles. The summed E-state index contributed by atoms with van der Waals surface area (Å²) in [5.41, 5.74) is 14.6. The van der Waals surface area contributed by atoms with Crippen LogP contribution in [0.1, 0.15) is 59.5 Å². The number of guanidine groups is 1. The van der Waals surface area contributed by atoms with Crippen molar-refractivity contribution in [1.29, 1.82) is 5.53 Å². The van der Waals surface area contributed by atoms with E-state index < -0.39 is 27.6 Å². The van der Waals surface area contributed by atoms with Gasteiger partial charge in [0.25, 0.3) is 5.91 Å². The molecule has 0 atom stereocenters. The van der Waals surface area contributed by atoms with Gasteiger partial charge in [-0.2, -0.15) is 5.53 Å². The van der Waals surface area contributed by atoms with E-state index in [1.54, 1.807) is 12.1 Å². The van der Waals surface area contributed by atoms with Crippen LogP contribution < -0.4 is 21.3 Å². The van der Waals surface area contributed by atoms with Gasteiger partial charge in [0, 0.05) is 17.5 Å². The van der Waals surface area contributed by atoms with Gasteiger partial charge in [-0.25, -0.2) is 17.6 Å². The van der Waals surface area contributed by atoms with E-state index in [-0.39, 0.29) is 28.7 Å². The van der Waals surface area contributed by atoms with Crippen LogP contribution in [0.25, 0.3) is 0 Å². The van der Waals surface area contributed by atoms with E-state index in [1.807, 2.05) is 24.3 Å². The summed E-state index contributed by atoms with van der Waals surface area (Å²) in [6.07, 6.45) is 6.85. The fourth-order valence-electron chi connectivity index (χ4n) is 4.87. The molecule has 0 aliphatic heterocycles. The molecule has 1 aliphatic carbocycles. The van der Waals surface area contributed by atoms with Crippen LogP contribution in [0.15, 0.2) is 82.0 Å². The van der Waals surface area contributed by atoms with Gasteiger partial charge in [-0.3, -0.25) is 15.0 Å². The lowest BCUT2D eigenvalue weighted by Gasteiger charge is -2.26. The Morgan fingerprint density at radius 2 is 1.69 bits per heavy atom. The Bertz CT molecular complexity index is 1590. The van der Waals surface area contributed by atoms with Crippen LogP contribution in [0.2, 0.25) is 0 Å². The molecule has 3 amide bonds. The predicted molar refractivity (Wildman–Crippen MR) is 158 cm³/mol. The Balaban J connectivity index is 1.60. The number of carbonyl (C=O) groups excluding carboxylic acids is 2. The summed E-state index contributed by atoms with van der Waals surface area (Å²) < 4.78 is 38.6. The molecule has 0 spiro atoms. The molecule has 220 valence electrons. The summed E-state index contributed by atoms with van der Waals surface area (Å²) in [6.45, 7) is 0.0607. The normalized spacial score (nSPS) is 14.2. The van der Waals surface area contributed by atoms with Crippen molar-refractivity contribution in [2.45, 2.75) is 49.5 Å². The first-order chi connectivity index (χ1) is 20.0. The van der Waals surface area contributed by atoms with E-state index in [2.05, 4.69) is 21.0 Å². The average Bonchev–Trinajstić information content (AvgIpc) is 2.97. The van der Waals surface area contributed by atoms with E-state index in [4.69, 9.17) is 11.3 Å². The summed E-state index contributed by atoms with van der Waals surface area (Å²) in [4.78, 5) is 27.2. The maximum atomic E-state index is 14.6. The Hall–Kier alpha value is -4.65. The quantitative estimate of drug-likeness (QED) is 0.0886. The van der Waals surface area contributed by atoms with Gasteiger partial charge in [-0.15, -0.1) is 0 Å². The minimum Gasteiger partial charge on any atom is -0.368 e. The highest BCUT2D eigenvalue weighted by molar-refractivity contribution is 7.90. The molecular weight excluding hydrogens is 561 g/mol. The lowest BCUT2D eigenvalue weighted by atomic mass is 9.84. The second-order valence-electron chi connectivity index (χ2n) is 10.1. The third-order valence-corrected chi connectivity index (χ3v) is 8.20. The maximum absolute atomic E-state index is 14.6. The zero-order valence-corrected chi connectivity index (χ0v) is 23.8. The molecule has 0 radical (unpaired) electrons. The number of nitrogens with two attached hydrogens (primary N) is 1. The summed E-state index contributed by atoms with van der Waals surface area (Å²) in [5.74, 6) is -1.19. The van der Waals surface area contributed by atoms with Gasteiger partial charge in [0.05, 0.1) is 17.1 Å². The van der Waals surface area contributed by atoms with Gasteiger partial charge in [-0.1, -0.05) is 48.6 Å². The third-order valence-electron chi connectivity index (χ3n) is 7.09. The largest absolute Gasteiger partial charge is 0.368 e. The lowest BCUT2D eigenvalue weighted by molar-refractivity contribution is 0.0976. The molecule has 0 aromatic heterocycles. The second kappa shape index (κ2) is 13.3. The number of benzene rings is 3. The molecule has 5 N–H and O–H groups in total. The second-order valence-corrected chi connectivity index (χ2v) is 12.1. The molecule has 42 heavy (non-hydrogen) atoms. The first kappa shape index (κ1) is 30.3. The maximum Gasteiger partial charge on any atom is 0.326 e. The van der Waals surface area contributed by atoms with Gasteiger partial charge < -0.3 is 11.1 Å². The molecule has 0 unspecified atom stereocenters. The van der Waals surface area contributed by atoms with Crippen molar-refractivity contribution in [2.24, 2.45) is 16.1 Å². The smallest absolute Gasteiger partial charge is 0.326 e. The van der Waals surface area contributed by atoms with Crippen LogP contribution in [0, 0.1) is 11.3 Å². The number of nitrogens with one attached hydrogen (secondary N) is 3. The molecule has 13 heteroatoms. The zero-order valence-electron chi connectivity index (χ0n) is 23.0. The Labute approximate surface area is 243 Å². The van der Waals surface area contributed by atoms with Gasteiger partial charge in [0.15, 0.2) is 9.84 Å². The summed E-state index contributed by atoms with van der Waals surface area (Å²) in [6, 6.07) is 16.6. The van der Waals surface area contributed by atoms with Crippen molar-refractivity contribution in [3.63, 3.8) is 0 Å². The van der Waals surface area contributed by atoms with Gasteiger partial charge >= 0.3 is 6.03 Å². The fourth-order valence-corrected chi connectivity index (χ4v) is 5.51. The average molecular weight is 594 g/mol. The topological polar surface area (TPSA) is 170 Å². The number of hydrogen-bond donors (Lipinski definition) is 4. The number of sulfone groups is 1. The molecule has 3 aromatic rings. The van der Waals surface area contributed by atoms with Crippen molar-refractivity contribution in [3.8, 4) is 0 Å². The number of hydrogen-bond acceptors (Lipinski definition) is 6. The predicted octanol–water partition coefficient (Wildman–Crippen LogP) is 5.51. The van der Waals surface area contributed by atoms with Crippen molar-refractivity contribution >= 4 is 39.1 Å². The van der Waals surface area contributed by atoms with Gasteiger partial charge in [0.2, 0.25) is 5.96 Å². The van der Waals surface area contributed by atoms with Crippen LogP contribution >= 0.6 is 0 Å². The molecule has 1 saturated carbocycles. The Kier molecular flexibility index (Phi) is 9.63. The SMILES string of the molecule is CS(=O)(=O)c1ccc(F)c(NC(=O)N(Cc2ccc(C(=O)NC(N)=NN=N)cc2)c2ccc(C3CCCCC3)cc2)c1. The van der Waals surface area contributed by atoms with Crippen LogP contribution in [0.3, 0.4) is 0 Å². The molecule has 0 saturated heterocycles. The minimum atomic E-state index is -3.63. The lowest BCUT2D eigenvalue weighted by Crippen LogP contribution is -2.36. The van der Waals surface area contributed by atoms with Crippen molar-refractivity contribution in [1.82, 2.24) is 5.32 Å². The van der Waals surface area contributed by atoms with E-state index in [0.29, 0.717) is 17.2 Å². The van der Waals surface area contributed by atoms with E-state index in [1.165, 1.54) is 41.9 Å². The highest BCUT2D eigenvalue weighted by atomic mass is 32.2. The molecular formula is C29H32FN7O4S. The first-order valence-electron chi connectivity index (χ1n) is 13.3. The van der Waals surface area contributed by atoms with Gasteiger partial charge in [0.1, 0.15) is 5.82 Å².